The predicted molar refractivity (Wildman–Crippen MR) is 98.5 cm³/mol. The molecule has 7 nitrogen and oxygen atoms in total. The Morgan fingerprint density at radius 3 is 2.26 bits per heavy atom. The molecule has 4 rings (SSSR count). The summed E-state index contributed by atoms with van der Waals surface area (Å²) in [4.78, 5) is 39.8. The van der Waals surface area contributed by atoms with Crippen LogP contribution in [-0.2, 0) is 9.53 Å². The van der Waals surface area contributed by atoms with Gasteiger partial charge in [-0.15, -0.1) is 0 Å². The summed E-state index contributed by atoms with van der Waals surface area (Å²) in [6, 6.07) is 8.14. The van der Waals surface area contributed by atoms with Crippen LogP contribution in [0.4, 0.5) is 11.4 Å². The highest BCUT2D eigenvalue weighted by atomic mass is 16.5. The fourth-order valence-corrected chi connectivity index (χ4v) is 3.57. The Hall–Kier alpha value is -3.19. The molecule has 1 aliphatic carbocycles. The summed E-state index contributed by atoms with van der Waals surface area (Å²) in [6.07, 6.45) is 0. The second-order valence-corrected chi connectivity index (χ2v) is 6.45. The van der Waals surface area contributed by atoms with Gasteiger partial charge in [-0.3, -0.25) is 14.4 Å². The molecule has 0 saturated carbocycles. The van der Waals surface area contributed by atoms with Crippen molar-refractivity contribution in [2.45, 2.75) is 6.92 Å². The van der Waals surface area contributed by atoms with Crippen LogP contribution in [0.2, 0.25) is 0 Å². The molecule has 138 valence electrons. The first-order chi connectivity index (χ1) is 13.0. The average Bonchev–Trinajstić information content (AvgIpc) is 2.67. The SMILES string of the molecule is CC(=O)Oc1cc(N2CCOCC2)c(N)c2c1C(=O)c1ccccc1C2=O. The number of carbonyl (C=O) groups is 3. The molecular weight excluding hydrogens is 348 g/mol. The number of benzene rings is 2. The molecule has 1 saturated heterocycles. The lowest BCUT2D eigenvalue weighted by Crippen LogP contribution is -2.37. The number of ether oxygens (including phenoxy) is 2. The van der Waals surface area contributed by atoms with Crippen molar-refractivity contribution in [2.75, 3.05) is 36.9 Å². The van der Waals surface area contributed by atoms with Crippen molar-refractivity contribution in [3.63, 3.8) is 0 Å². The largest absolute Gasteiger partial charge is 0.426 e. The maximum atomic E-state index is 13.1. The van der Waals surface area contributed by atoms with Crippen molar-refractivity contribution < 1.29 is 23.9 Å². The Morgan fingerprint density at radius 2 is 1.67 bits per heavy atom. The van der Waals surface area contributed by atoms with Gasteiger partial charge < -0.3 is 20.1 Å². The topological polar surface area (TPSA) is 98.9 Å². The molecule has 0 aromatic heterocycles. The molecule has 2 N–H and O–H groups in total. The predicted octanol–water partition coefficient (Wildman–Crippen LogP) is 1.81. The van der Waals surface area contributed by atoms with Crippen LogP contribution in [0.5, 0.6) is 5.75 Å². The molecule has 1 heterocycles. The average molecular weight is 366 g/mol. The van der Waals surface area contributed by atoms with Crippen LogP contribution in [-0.4, -0.2) is 43.8 Å². The summed E-state index contributed by atoms with van der Waals surface area (Å²) in [7, 11) is 0. The zero-order valence-electron chi connectivity index (χ0n) is 14.8. The molecule has 27 heavy (non-hydrogen) atoms. The van der Waals surface area contributed by atoms with Crippen LogP contribution in [0.15, 0.2) is 30.3 Å². The number of carbonyl (C=O) groups excluding carboxylic acids is 3. The highest BCUT2D eigenvalue weighted by Gasteiger charge is 2.36. The molecule has 0 unspecified atom stereocenters. The molecule has 7 heteroatoms. The lowest BCUT2D eigenvalue weighted by Gasteiger charge is -2.32. The van der Waals surface area contributed by atoms with E-state index in [0.717, 1.165) is 0 Å². The van der Waals surface area contributed by atoms with Gasteiger partial charge in [-0.25, -0.2) is 0 Å². The summed E-state index contributed by atoms with van der Waals surface area (Å²) in [5.74, 6) is -1.24. The van der Waals surface area contributed by atoms with Crippen molar-refractivity contribution in [2.24, 2.45) is 0 Å². The number of hydrogen-bond donors (Lipinski definition) is 1. The number of rotatable bonds is 2. The molecule has 0 spiro atoms. The summed E-state index contributed by atoms with van der Waals surface area (Å²) in [5, 5.41) is 0. The number of nitrogens with zero attached hydrogens (tertiary/aromatic N) is 1. The van der Waals surface area contributed by atoms with E-state index in [-0.39, 0.29) is 39.7 Å². The number of nitrogen functional groups attached to an aromatic ring is 1. The van der Waals surface area contributed by atoms with Crippen molar-refractivity contribution in [3.8, 4) is 5.75 Å². The number of esters is 1. The van der Waals surface area contributed by atoms with Crippen LogP contribution >= 0.6 is 0 Å². The highest BCUT2D eigenvalue weighted by Crippen LogP contribution is 2.42. The zero-order valence-corrected chi connectivity index (χ0v) is 14.8. The van der Waals surface area contributed by atoms with E-state index in [1.165, 1.54) is 6.92 Å². The van der Waals surface area contributed by atoms with Crippen molar-refractivity contribution in [3.05, 3.63) is 52.6 Å². The summed E-state index contributed by atoms with van der Waals surface area (Å²) >= 11 is 0. The Balaban J connectivity index is 1.96. The van der Waals surface area contributed by atoms with Crippen LogP contribution in [0.25, 0.3) is 0 Å². The molecule has 1 aliphatic heterocycles. The molecule has 0 amide bonds. The van der Waals surface area contributed by atoms with Gasteiger partial charge in [0, 0.05) is 37.2 Å². The van der Waals surface area contributed by atoms with E-state index in [0.29, 0.717) is 37.6 Å². The maximum Gasteiger partial charge on any atom is 0.308 e. The zero-order chi connectivity index (χ0) is 19.1. The molecule has 0 bridgehead atoms. The monoisotopic (exact) mass is 366 g/mol. The standard InChI is InChI=1S/C20H18N2O5/c1-11(23)27-15-10-14(22-6-8-26-9-7-22)18(21)17-16(15)19(24)12-4-2-3-5-13(12)20(17)25/h2-5,10H,6-9,21H2,1H3. The van der Waals surface area contributed by atoms with Crippen LogP contribution in [0.1, 0.15) is 38.8 Å². The van der Waals surface area contributed by atoms with Crippen molar-refractivity contribution >= 4 is 28.9 Å². The molecule has 1 fully saturated rings. The maximum absolute atomic E-state index is 13.1. The molecule has 0 radical (unpaired) electrons. The summed E-state index contributed by atoms with van der Waals surface area (Å²) in [5.41, 5.74) is 7.85. The molecule has 2 aromatic carbocycles. The normalized spacial score (nSPS) is 16.0. The van der Waals surface area contributed by atoms with E-state index >= 15 is 0 Å². The molecule has 0 atom stereocenters. The first-order valence-electron chi connectivity index (χ1n) is 8.65. The van der Waals surface area contributed by atoms with Gasteiger partial charge >= 0.3 is 5.97 Å². The molecule has 2 aliphatic rings. The van der Waals surface area contributed by atoms with Gasteiger partial charge in [0.25, 0.3) is 0 Å². The van der Waals surface area contributed by atoms with Gasteiger partial charge in [-0.05, 0) is 0 Å². The minimum absolute atomic E-state index is 0.0448. The first-order valence-corrected chi connectivity index (χ1v) is 8.65. The van der Waals surface area contributed by atoms with Crippen molar-refractivity contribution in [1.29, 1.82) is 0 Å². The minimum Gasteiger partial charge on any atom is -0.426 e. The van der Waals surface area contributed by atoms with E-state index in [1.807, 2.05) is 4.90 Å². The van der Waals surface area contributed by atoms with Gasteiger partial charge in [0.15, 0.2) is 11.6 Å². The van der Waals surface area contributed by atoms with Gasteiger partial charge in [0.2, 0.25) is 0 Å². The third-order valence-corrected chi connectivity index (χ3v) is 4.79. The lowest BCUT2D eigenvalue weighted by molar-refractivity contribution is -0.131. The Bertz CT molecular complexity index is 977. The quantitative estimate of drug-likeness (QED) is 0.419. The van der Waals surface area contributed by atoms with Gasteiger partial charge in [0.05, 0.1) is 35.7 Å². The smallest absolute Gasteiger partial charge is 0.308 e. The van der Waals surface area contributed by atoms with Crippen LogP contribution in [0, 0.1) is 0 Å². The van der Waals surface area contributed by atoms with E-state index in [2.05, 4.69) is 0 Å². The number of morpholine rings is 1. The van der Waals surface area contributed by atoms with E-state index in [4.69, 9.17) is 15.2 Å². The Morgan fingerprint density at radius 1 is 1.07 bits per heavy atom. The number of nitrogens with two attached hydrogens (primary N) is 1. The molecular formula is C20H18N2O5. The highest BCUT2D eigenvalue weighted by molar-refractivity contribution is 6.31. The van der Waals surface area contributed by atoms with E-state index in [9.17, 15) is 14.4 Å². The minimum atomic E-state index is -0.575. The number of ketones is 2. The second-order valence-electron chi connectivity index (χ2n) is 6.45. The first kappa shape index (κ1) is 17.2. The van der Waals surface area contributed by atoms with Gasteiger partial charge in [-0.1, -0.05) is 24.3 Å². The fraction of sp³-hybridized carbons (Fsp3) is 0.250. The third kappa shape index (κ3) is 2.76. The van der Waals surface area contributed by atoms with E-state index < -0.39 is 5.97 Å². The van der Waals surface area contributed by atoms with Gasteiger partial charge in [0.1, 0.15) is 5.75 Å². The Labute approximate surface area is 155 Å². The molecule has 2 aromatic rings. The number of anilines is 2. The summed E-state index contributed by atoms with van der Waals surface area (Å²) in [6.45, 7) is 3.47. The van der Waals surface area contributed by atoms with Gasteiger partial charge in [-0.2, -0.15) is 0 Å². The van der Waals surface area contributed by atoms with Crippen molar-refractivity contribution in [1.82, 2.24) is 0 Å². The van der Waals surface area contributed by atoms with Crippen LogP contribution in [0.3, 0.4) is 0 Å². The summed E-state index contributed by atoms with van der Waals surface area (Å²) < 4.78 is 10.7. The fourth-order valence-electron chi connectivity index (χ4n) is 3.57. The lowest BCUT2D eigenvalue weighted by atomic mass is 9.82. The Kier molecular flexibility index (Phi) is 4.16. The number of fused-ring (bicyclic) bond motifs is 2. The third-order valence-electron chi connectivity index (χ3n) is 4.79. The number of hydrogen-bond acceptors (Lipinski definition) is 7. The van der Waals surface area contributed by atoms with E-state index in [1.54, 1.807) is 30.3 Å². The second kappa shape index (κ2) is 6.51. The van der Waals surface area contributed by atoms with Crippen LogP contribution < -0.4 is 15.4 Å².